The predicted octanol–water partition coefficient (Wildman–Crippen LogP) is 1.62. The first kappa shape index (κ1) is 9.33. The Labute approximate surface area is 74.7 Å². The third-order valence-electron chi connectivity index (χ3n) is 2.23. The van der Waals surface area contributed by atoms with Crippen molar-refractivity contribution in [3.05, 3.63) is 24.4 Å². The van der Waals surface area contributed by atoms with Crippen LogP contribution in [-0.2, 0) is 0 Å². The minimum absolute atomic E-state index is 0.299. The molecule has 1 unspecified atom stereocenters. The standard InChI is InChI=1S/C10H18N2/c1-8(2)9(3)12-10-6-4-5-7-11-10/h4-12H,1-3H3/t9-,10?/m0/s1. The molecule has 12 heavy (non-hydrogen) atoms. The van der Waals surface area contributed by atoms with Crippen molar-refractivity contribution in [1.29, 1.82) is 0 Å². The quantitative estimate of drug-likeness (QED) is 0.665. The second-order valence-electron chi connectivity index (χ2n) is 3.59. The van der Waals surface area contributed by atoms with Crippen LogP contribution in [0.25, 0.3) is 0 Å². The van der Waals surface area contributed by atoms with Crippen LogP contribution in [-0.4, -0.2) is 12.2 Å². The molecule has 0 fully saturated rings. The molecular weight excluding hydrogens is 148 g/mol. The zero-order valence-electron chi connectivity index (χ0n) is 8.04. The first-order chi connectivity index (χ1) is 5.70. The van der Waals surface area contributed by atoms with Crippen LogP contribution in [0.15, 0.2) is 24.4 Å². The van der Waals surface area contributed by atoms with E-state index in [1.165, 1.54) is 0 Å². The van der Waals surface area contributed by atoms with Crippen molar-refractivity contribution in [2.24, 2.45) is 5.92 Å². The molecule has 0 amide bonds. The average molecular weight is 166 g/mol. The van der Waals surface area contributed by atoms with Gasteiger partial charge < -0.3 is 5.32 Å². The predicted molar refractivity (Wildman–Crippen MR) is 52.6 cm³/mol. The molecule has 2 N–H and O–H groups in total. The minimum atomic E-state index is 0.299. The van der Waals surface area contributed by atoms with Crippen LogP contribution < -0.4 is 10.6 Å². The lowest BCUT2D eigenvalue weighted by Gasteiger charge is -2.24. The summed E-state index contributed by atoms with van der Waals surface area (Å²) in [4.78, 5) is 0. The lowest BCUT2D eigenvalue weighted by atomic mass is 10.1. The molecule has 0 aromatic carbocycles. The first-order valence-electron chi connectivity index (χ1n) is 4.55. The molecule has 0 aromatic rings. The molecule has 2 heteroatoms. The van der Waals surface area contributed by atoms with E-state index in [0.29, 0.717) is 18.1 Å². The van der Waals surface area contributed by atoms with Gasteiger partial charge in [0.2, 0.25) is 0 Å². The molecule has 0 saturated carbocycles. The van der Waals surface area contributed by atoms with Crippen LogP contribution in [0.2, 0.25) is 0 Å². The lowest BCUT2D eigenvalue weighted by molar-refractivity contribution is 0.384. The van der Waals surface area contributed by atoms with Crippen LogP contribution in [0.3, 0.4) is 0 Å². The van der Waals surface area contributed by atoms with E-state index in [1.807, 2.05) is 12.3 Å². The molecular formula is C10H18N2. The van der Waals surface area contributed by atoms with Gasteiger partial charge in [0, 0.05) is 6.04 Å². The average Bonchev–Trinajstić information content (AvgIpc) is 2.06. The SMILES string of the molecule is CC(C)[C@H](C)NC1C=CC=CN1. The number of hydrogen-bond acceptors (Lipinski definition) is 2. The highest BCUT2D eigenvalue weighted by Gasteiger charge is 2.10. The summed E-state index contributed by atoms with van der Waals surface area (Å²) in [5.74, 6) is 0.672. The summed E-state index contributed by atoms with van der Waals surface area (Å²) in [6.07, 6.45) is 8.44. The molecule has 1 aliphatic heterocycles. The van der Waals surface area contributed by atoms with E-state index in [1.54, 1.807) is 0 Å². The van der Waals surface area contributed by atoms with E-state index >= 15 is 0 Å². The Bertz CT molecular complexity index is 182. The molecule has 0 radical (unpaired) electrons. The molecule has 68 valence electrons. The van der Waals surface area contributed by atoms with Gasteiger partial charge in [0.1, 0.15) is 0 Å². The normalized spacial score (nSPS) is 24.2. The molecule has 0 saturated heterocycles. The Kier molecular flexibility index (Phi) is 3.35. The van der Waals surface area contributed by atoms with E-state index in [2.05, 4.69) is 43.6 Å². The van der Waals surface area contributed by atoms with Crippen LogP contribution in [0, 0.1) is 5.92 Å². The number of nitrogens with one attached hydrogen (secondary N) is 2. The van der Waals surface area contributed by atoms with Gasteiger partial charge in [-0.05, 0) is 31.2 Å². The summed E-state index contributed by atoms with van der Waals surface area (Å²) in [5, 5.41) is 6.70. The van der Waals surface area contributed by atoms with Gasteiger partial charge in [0.05, 0.1) is 6.17 Å². The highest BCUT2D eigenvalue weighted by atomic mass is 15.1. The Morgan fingerprint density at radius 3 is 2.50 bits per heavy atom. The van der Waals surface area contributed by atoms with Crippen LogP contribution in [0.4, 0.5) is 0 Å². The van der Waals surface area contributed by atoms with Crippen molar-refractivity contribution < 1.29 is 0 Å². The molecule has 0 spiro atoms. The van der Waals surface area contributed by atoms with Crippen LogP contribution >= 0.6 is 0 Å². The molecule has 1 heterocycles. The minimum Gasteiger partial charge on any atom is -0.372 e. The first-order valence-corrected chi connectivity index (χ1v) is 4.55. The van der Waals surface area contributed by atoms with Gasteiger partial charge in [0.25, 0.3) is 0 Å². The monoisotopic (exact) mass is 166 g/mol. The van der Waals surface area contributed by atoms with Crippen molar-refractivity contribution in [3.63, 3.8) is 0 Å². The Hall–Kier alpha value is -0.760. The fraction of sp³-hybridized carbons (Fsp3) is 0.600. The van der Waals surface area contributed by atoms with Gasteiger partial charge in [-0.3, -0.25) is 5.32 Å². The summed E-state index contributed by atoms with van der Waals surface area (Å²) in [6.45, 7) is 6.65. The zero-order valence-corrected chi connectivity index (χ0v) is 8.04. The largest absolute Gasteiger partial charge is 0.372 e. The molecule has 0 aliphatic carbocycles. The van der Waals surface area contributed by atoms with Gasteiger partial charge >= 0.3 is 0 Å². The Balaban J connectivity index is 2.31. The van der Waals surface area contributed by atoms with E-state index < -0.39 is 0 Å². The summed E-state index contributed by atoms with van der Waals surface area (Å²) in [7, 11) is 0. The van der Waals surface area contributed by atoms with E-state index in [0.717, 1.165) is 0 Å². The van der Waals surface area contributed by atoms with Gasteiger partial charge in [-0.1, -0.05) is 19.9 Å². The molecule has 2 atom stereocenters. The van der Waals surface area contributed by atoms with Crippen molar-refractivity contribution >= 4 is 0 Å². The van der Waals surface area contributed by atoms with E-state index in [4.69, 9.17) is 0 Å². The Morgan fingerprint density at radius 2 is 2.00 bits per heavy atom. The van der Waals surface area contributed by atoms with Crippen molar-refractivity contribution in [2.75, 3.05) is 0 Å². The maximum absolute atomic E-state index is 3.47. The smallest absolute Gasteiger partial charge is 0.0961 e. The molecule has 0 aromatic heterocycles. The van der Waals surface area contributed by atoms with Gasteiger partial charge in [-0.25, -0.2) is 0 Å². The fourth-order valence-corrected chi connectivity index (χ4v) is 1.02. The van der Waals surface area contributed by atoms with Gasteiger partial charge in [-0.2, -0.15) is 0 Å². The molecule has 2 nitrogen and oxygen atoms in total. The number of rotatable bonds is 3. The maximum atomic E-state index is 3.47. The molecule has 0 bridgehead atoms. The van der Waals surface area contributed by atoms with Crippen molar-refractivity contribution in [3.8, 4) is 0 Å². The topological polar surface area (TPSA) is 24.1 Å². The van der Waals surface area contributed by atoms with Crippen molar-refractivity contribution in [1.82, 2.24) is 10.6 Å². The highest BCUT2D eigenvalue weighted by molar-refractivity contribution is 5.11. The van der Waals surface area contributed by atoms with Gasteiger partial charge in [-0.15, -0.1) is 0 Å². The van der Waals surface area contributed by atoms with Gasteiger partial charge in [0.15, 0.2) is 0 Å². The summed E-state index contributed by atoms with van der Waals surface area (Å²) >= 11 is 0. The van der Waals surface area contributed by atoms with Crippen LogP contribution in [0.1, 0.15) is 20.8 Å². The van der Waals surface area contributed by atoms with E-state index in [-0.39, 0.29) is 0 Å². The fourth-order valence-electron chi connectivity index (χ4n) is 1.02. The second-order valence-corrected chi connectivity index (χ2v) is 3.59. The van der Waals surface area contributed by atoms with Crippen LogP contribution in [0.5, 0.6) is 0 Å². The third kappa shape index (κ3) is 2.70. The summed E-state index contributed by atoms with van der Waals surface area (Å²) in [6, 6.07) is 0.540. The third-order valence-corrected chi connectivity index (χ3v) is 2.23. The number of allylic oxidation sites excluding steroid dienone is 2. The number of hydrogen-bond donors (Lipinski definition) is 2. The summed E-state index contributed by atoms with van der Waals surface area (Å²) in [5.41, 5.74) is 0. The zero-order chi connectivity index (χ0) is 8.97. The van der Waals surface area contributed by atoms with Crippen molar-refractivity contribution in [2.45, 2.75) is 33.0 Å². The lowest BCUT2D eigenvalue weighted by Crippen LogP contribution is -2.45. The summed E-state index contributed by atoms with van der Waals surface area (Å²) < 4.78 is 0. The Morgan fingerprint density at radius 1 is 1.25 bits per heavy atom. The molecule has 1 rings (SSSR count). The number of dihydropyridines is 1. The van der Waals surface area contributed by atoms with E-state index in [9.17, 15) is 0 Å². The molecule has 1 aliphatic rings. The highest BCUT2D eigenvalue weighted by Crippen LogP contribution is 2.02. The maximum Gasteiger partial charge on any atom is 0.0961 e. The second kappa shape index (κ2) is 4.31.